The Kier molecular flexibility index (Phi) is 3.91. The number of amides is 1. The Bertz CT molecular complexity index is 514. The Morgan fingerprint density at radius 1 is 1.56 bits per heavy atom. The van der Waals surface area contributed by atoms with Gasteiger partial charge in [0, 0.05) is 42.5 Å². The van der Waals surface area contributed by atoms with Gasteiger partial charge >= 0.3 is 0 Å². The molecule has 0 aliphatic carbocycles. The van der Waals surface area contributed by atoms with Crippen molar-refractivity contribution in [3.05, 3.63) is 18.4 Å². The molecule has 1 atom stereocenters. The van der Waals surface area contributed by atoms with Crippen molar-refractivity contribution in [2.75, 3.05) is 18.8 Å². The van der Waals surface area contributed by atoms with Crippen LogP contribution in [0, 0.1) is 5.92 Å². The Morgan fingerprint density at radius 3 is 2.94 bits per heavy atom. The van der Waals surface area contributed by atoms with E-state index in [4.69, 9.17) is 15.1 Å². The molecule has 1 unspecified atom stereocenters. The van der Waals surface area contributed by atoms with Crippen LogP contribution in [-0.2, 0) is 20.3 Å². The van der Waals surface area contributed by atoms with Gasteiger partial charge < -0.3 is 9.32 Å². The van der Waals surface area contributed by atoms with E-state index in [2.05, 4.69) is 4.98 Å². The summed E-state index contributed by atoms with van der Waals surface area (Å²) in [5.41, 5.74) is 0. The van der Waals surface area contributed by atoms with Crippen LogP contribution in [-0.4, -0.2) is 43.1 Å². The first-order valence-electron chi connectivity index (χ1n) is 5.51. The molecule has 2 rings (SSSR count). The summed E-state index contributed by atoms with van der Waals surface area (Å²) in [5.74, 6) is 0.296. The average Bonchev–Trinajstić information content (AvgIpc) is 2.83. The molecule has 1 aromatic heterocycles. The zero-order chi connectivity index (χ0) is 13.2. The van der Waals surface area contributed by atoms with Crippen LogP contribution in [0.15, 0.2) is 17.0 Å². The van der Waals surface area contributed by atoms with Crippen LogP contribution in [0.4, 0.5) is 0 Å². The highest BCUT2D eigenvalue weighted by molar-refractivity contribution is 8.13. The minimum Gasteiger partial charge on any atom is -0.448 e. The standard InChI is InChI=1S/C10H13ClN2O4S/c11-18(15,16)6-8-3-10(14)13(5-8)2-1-9-4-12-7-17-9/h4,7-8H,1-3,5-6H2. The fourth-order valence-electron chi connectivity index (χ4n) is 2.07. The molecule has 0 N–H and O–H groups in total. The molecular weight excluding hydrogens is 280 g/mol. The summed E-state index contributed by atoms with van der Waals surface area (Å²) in [6, 6.07) is 0. The molecule has 1 saturated heterocycles. The number of hydrogen-bond donors (Lipinski definition) is 0. The highest BCUT2D eigenvalue weighted by Gasteiger charge is 2.32. The van der Waals surface area contributed by atoms with E-state index in [9.17, 15) is 13.2 Å². The molecule has 0 radical (unpaired) electrons. The van der Waals surface area contributed by atoms with Gasteiger partial charge in [-0.3, -0.25) is 4.79 Å². The fourth-order valence-corrected chi connectivity index (χ4v) is 3.39. The molecule has 0 saturated carbocycles. The second-order valence-electron chi connectivity index (χ2n) is 4.33. The largest absolute Gasteiger partial charge is 0.448 e. The fraction of sp³-hybridized carbons (Fsp3) is 0.600. The smallest absolute Gasteiger partial charge is 0.232 e. The normalized spacial score (nSPS) is 20.6. The van der Waals surface area contributed by atoms with Gasteiger partial charge in [0.05, 0.1) is 11.9 Å². The summed E-state index contributed by atoms with van der Waals surface area (Å²) in [6.07, 6.45) is 3.75. The maximum absolute atomic E-state index is 11.7. The number of aromatic nitrogens is 1. The molecule has 1 aliphatic rings. The van der Waals surface area contributed by atoms with Crippen molar-refractivity contribution in [1.29, 1.82) is 0 Å². The molecule has 1 aliphatic heterocycles. The van der Waals surface area contributed by atoms with Gasteiger partial charge in [-0.1, -0.05) is 0 Å². The van der Waals surface area contributed by atoms with Gasteiger partial charge in [0.1, 0.15) is 5.76 Å². The Hall–Kier alpha value is -1.08. The number of likely N-dealkylation sites (tertiary alicyclic amines) is 1. The summed E-state index contributed by atoms with van der Waals surface area (Å²) >= 11 is 0. The first-order chi connectivity index (χ1) is 8.44. The van der Waals surface area contributed by atoms with Crippen LogP contribution in [0.1, 0.15) is 12.2 Å². The van der Waals surface area contributed by atoms with Crippen molar-refractivity contribution < 1.29 is 17.6 Å². The zero-order valence-corrected chi connectivity index (χ0v) is 11.2. The maximum atomic E-state index is 11.7. The van der Waals surface area contributed by atoms with Crippen molar-refractivity contribution in [2.24, 2.45) is 5.92 Å². The van der Waals surface area contributed by atoms with Crippen LogP contribution >= 0.6 is 10.7 Å². The third-order valence-corrected chi connectivity index (χ3v) is 4.09. The van der Waals surface area contributed by atoms with E-state index in [0.29, 0.717) is 25.3 Å². The van der Waals surface area contributed by atoms with E-state index in [1.807, 2.05) is 0 Å². The minimum atomic E-state index is -3.55. The van der Waals surface area contributed by atoms with Crippen molar-refractivity contribution in [3.63, 3.8) is 0 Å². The summed E-state index contributed by atoms with van der Waals surface area (Å²) in [7, 11) is 1.64. The summed E-state index contributed by atoms with van der Waals surface area (Å²) in [4.78, 5) is 17.1. The summed E-state index contributed by atoms with van der Waals surface area (Å²) in [5, 5.41) is 0. The van der Waals surface area contributed by atoms with E-state index < -0.39 is 9.05 Å². The van der Waals surface area contributed by atoms with Crippen LogP contribution in [0.3, 0.4) is 0 Å². The van der Waals surface area contributed by atoms with Crippen molar-refractivity contribution in [1.82, 2.24) is 9.88 Å². The molecule has 0 aromatic carbocycles. The number of hydrogen-bond acceptors (Lipinski definition) is 5. The average molecular weight is 293 g/mol. The Balaban J connectivity index is 1.86. The second-order valence-corrected chi connectivity index (χ2v) is 7.15. The lowest BCUT2D eigenvalue weighted by molar-refractivity contribution is -0.127. The number of halogens is 1. The maximum Gasteiger partial charge on any atom is 0.232 e. The predicted molar refractivity (Wildman–Crippen MR) is 64.5 cm³/mol. The van der Waals surface area contributed by atoms with Gasteiger partial charge in [0.15, 0.2) is 6.39 Å². The molecule has 6 nitrogen and oxygen atoms in total. The lowest BCUT2D eigenvalue weighted by atomic mass is 10.1. The van der Waals surface area contributed by atoms with Gasteiger partial charge in [-0.2, -0.15) is 0 Å². The van der Waals surface area contributed by atoms with Gasteiger partial charge in [0.2, 0.25) is 15.0 Å². The molecule has 1 aromatic rings. The zero-order valence-electron chi connectivity index (χ0n) is 9.58. The lowest BCUT2D eigenvalue weighted by Crippen LogP contribution is -2.28. The van der Waals surface area contributed by atoms with Crippen LogP contribution in [0.2, 0.25) is 0 Å². The minimum absolute atomic E-state index is 0.0418. The van der Waals surface area contributed by atoms with Gasteiger partial charge in [-0.25, -0.2) is 13.4 Å². The molecule has 0 bridgehead atoms. The molecule has 18 heavy (non-hydrogen) atoms. The van der Waals surface area contributed by atoms with Gasteiger partial charge in [-0.15, -0.1) is 0 Å². The molecule has 1 amide bonds. The number of rotatable bonds is 5. The Labute approximate surface area is 109 Å². The Morgan fingerprint density at radius 2 is 2.33 bits per heavy atom. The molecule has 1 fully saturated rings. The summed E-state index contributed by atoms with van der Waals surface area (Å²) in [6.45, 7) is 0.936. The lowest BCUT2D eigenvalue weighted by Gasteiger charge is -2.15. The van der Waals surface area contributed by atoms with Crippen molar-refractivity contribution >= 4 is 25.6 Å². The first kappa shape index (κ1) is 13.4. The molecule has 0 spiro atoms. The van der Waals surface area contributed by atoms with Crippen LogP contribution in [0.5, 0.6) is 0 Å². The van der Waals surface area contributed by atoms with Crippen molar-refractivity contribution in [2.45, 2.75) is 12.8 Å². The van der Waals surface area contributed by atoms with E-state index in [1.165, 1.54) is 6.39 Å². The molecule has 2 heterocycles. The van der Waals surface area contributed by atoms with Gasteiger partial charge in [0.25, 0.3) is 0 Å². The summed E-state index contributed by atoms with van der Waals surface area (Å²) < 4.78 is 27.0. The van der Waals surface area contributed by atoms with Crippen LogP contribution in [0.25, 0.3) is 0 Å². The monoisotopic (exact) mass is 292 g/mol. The molecular formula is C10H13ClN2O4S. The third kappa shape index (κ3) is 3.71. The second kappa shape index (κ2) is 5.27. The van der Waals surface area contributed by atoms with E-state index >= 15 is 0 Å². The molecule has 8 heteroatoms. The first-order valence-corrected chi connectivity index (χ1v) is 7.99. The van der Waals surface area contributed by atoms with Crippen LogP contribution < -0.4 is 0 Å². The number of carbonyl (C=O) groups is 1. The highest BCUT2D eigenvalue weighted by atomic mass is 35.7. The topological polar surface area (TPSA) is 80.5 Å². The highest BCUT2D eigenvalue weighted by Crippen LogP contribution is 2.21. The third-order valence-electron chi connectivity index (χ3n) is 2.84. The van der Waals surface area contributed by atoms with Gasteiger partial charge in [-0.05, 0) is 0 Å². The van der Waals surface area contributed by atoms with E-state index in [-0.39, 0.29) is 24.0 Å². The number of nitrogens with zero attached hydrogens (tertiary/aromatic N) is 2. The van der Waals surface area contributed by atoms with E-state index in [1.54, 1.807) is 11.1 Å². The quantitative estimate of drug-likeness (QED) is 0.744. The molecule has 100 valence electrons. The van der Waals surface area contributed by atoms with Crippen molar-refractivity contribution in [3.8, 4) is 0 Å². The number of carbonyl (C=O) groups excluding carboxylic acids is 1. The number of oxazole rings is 1. The predicted octanol–water partition coefficient (Wildman–Crippen LogP) is 0.634. The SMILES string of the molecule is O=C1CC(CS(=O)(=O)Cl)CN1CCc1cnco1. The van der Waals surface area contributed by atoms with E-state index in [0.717, 1.165) is 0 Å².